The standard InChI is InChI=1S/C10H15N3O2/c1-4-15-10(14)12-8-5-6-9(11-7-8)13(2)3/h5-7H,4H2,1-3H3,(H,12,14). The fraction of sp³-hybridized carbons (Fsp3) is 0.400. The van der Waals surface area contributed by atoms with Crippen molar-refractivity contribution in [3.63, 3.8) is 0 Å². The highest BCUT2D eigenvalue weighted by atomic mass is 16.5. The van der Waals surface area contributed by atoms with Gasteiger partial charge in [-0.1, -0.05) is 0 Å². The molecule has 0 aliphatic carbocycles. The molecule has 0 aliphatic heterocycles. The third-order valence-corrected chi connectivity index (χ3v) is 1.73. The number of pyridine rings is 1. The summed E-state index contributed by atoms with van der Waals surface area (Å²) in [6, 6.07) is 3.60. The maximum Gasteiger partial charge on any atom is 0.411 e. The maximum absolute atomic E-state index is 11.1. The normalized spacial score (nSPS) is 9.53. The fourth-order valence-corrected chi connectivity index (χ4v) is 1.01. The largest absolute Gasteiger partial charge is 0.450 e. The molecule has 0 fully saturated rings. The van der Waals surface area contributed by atoms with Gasteiger partial charge in [0.25, 0.3) is 0 Å². The van der Waals surface area contributed by atoms with Crippen LogP contribution in [0.15, 0.2) is 18.3 Å². The molecule has 0 saturated heterocycles. The van der Waals surface area contributed by atoms with Gasteiger partial charge in [-0.2, -0.15) is 0 Å². The van der Waals surface area contributed by atoms with Gasteiger partial charge in [-0.15, -0.1) is 0 Å². The zero-order valence-electron chi connectivity index (χ0n) is 9.15. The molecule has 1 rings (SSSR count). The number of aromatic nitrogens is 1. The first-order chi connectivity index (χ1) is 7.13. The van der Waals surface area contributed by atoms with Crippen LogP contribution >= 0.6 is 0 Å². The second-order valence-corrected chi connectivity index (χ2v) is 3.14. The molecular weight excluding hydrogens is 194 g/mol. The summed E-state index contributed by atoms with van der Waals surface area (Å²) in [7, 11) is 3.81. The van der Waals surface area contributed by atoms with Crippen LogP contribution in [-0.2, 0) is 4.74 Å². The summed E-state index contributed by atoms with van der Waals surface area (Å²) < 4.78 is 4.74. The van der Waals surface area contributed by atoms with E-state index in [4.69, 9.17) is 4.74 Å². The second kappa shape index (κ2) is 5.19. The molecule has 0 radical (unpaired) electrons. The van der Waals surface area contributed by atoms with Crippen LogP contribution in [0, 0.1) is 0 Å². The minimum Gasteiger partial charge on any atom is -0.450 e. The van der Waals surface area contributed by atoms with Gasteiger partial charge in [0.1, 0.15) is 5.82 Å². The monoisotopic (exact) mass is 209 g/mol. The van der Waals surface area contributed by atoms with Crippen LogP contribution in [0.1, 0.15) is 6.92 Å². The van der Waals surface area contributed by atoms with Gasteiger partial charge in [0.15, 0.2) is 0 Å². The van der Waals surface area contributed by atoms with Crippen molar-refractivity contribution in [2.24, 2.45) is 0 Å². The van der Waals surface area contributed by atoms with Crippen LogP contribution in [0.2, 0.25) is 0 Å². The minimum atomic E-state index is -0.461. The highest BCUT2D eigenvalue weighted by molar-refractivity contribution is 5.84. The molecular formula is C10H15N3O2. The lowest BCUT2D eigenvalue weighted by Gasteiger charge is -2.11. The van der Waals surface area contributed by atoms with Gasteiger partial charge in [-0.05, 0) is 19.1 Å². The molecule has 5 heteroatoms. The van der Waals surface area contributed by atoms with Crippen molar-refractivity contribution in [2.45, 2.75) is 6.92 Å². The summed E-state index contributed by atoms with van der Waals surface area (Å²) >= 11 is 0. The molecule has 1 amide bonds. The fourth-order valence-electron chi connectivity index (χ4n) is 1.01. The lowest BCUT2D eigenvalue weighted by Crippen LogP contribution is -2.14. The highest BCUT2D eigenvalue weighted by Gasteiger charge is 2.02. The first kappa shape index (κ1) is 11.3. The zero-order valence-corrected chi connectivity index (χ0v) is 9.15. The Labute approximate surface area is 89.1 Å². The first-order valence-electron chi connectivity index (χ1n) is 4.70. The van der Waals surface area contributed by atoms with Crippen molar-refractivity contribution in [1.29, 1.82) is 0 Å². The van der Waals surface area contributed by atoms with Gasteiger partial charge < -0.3 is 9.64 Å². The van der Waals surface area contributed by atoms with Crippen LogP contribution in [0.25, 0.3) is 0 Å². The number of anilines is 2. The van der Waals surface area contributed by atoms with Crippen LogP contribution < -0.4 is 10.2 Å². The number of hydrogen-bond acceptors (Lipinski definition) is 4. The smallest absolute Gasteiger partial charge is 0.411 e. The van der Waals surface area contributed by atoms with Gasteiger partial charge >= 0.3 is 6.09 Å². The van der Waals surface area contributed by atoms with Gasteiger partial charge in [-0.25, -0.2) is 9.78 Å². The molecule has 1 heterocycles. The summed E-state index contributed by atoms with van der Waals surface area (Å²) in [5.74, 6) is 0.837. The van der Waals surface area contributed by atoms with Gasteiger partial charge in [0.2, 0.25) is 0 Å². The molecule has 0 atom stereocenters. The molecule has 0 unspecified atom stereocenters. The van der Waals surface area contributed by atoms with Crippen molar-refractivity contribution in [1.82, 2.24) is 4.98 Å². The molecule has 0 saturated carbocycles. The van der Waals surface area contributed by atoms with Crippen LogP contribution in [0.3, 0.4) is 0 Å². The van der Waals surface area contributed by atoms with Crippen molar-refractivity contribution in [3.05, 3.63) is 18.3 Å². The van der Waals surface area contributed by atoms with Crippen LogP contribution in [0.4, 0.5) is 16.3 Å². The van der Waals surface area contributed by atoms with Gasteiger partial charge in [0.05, 0.1) is 18.5 Å². The minimum absolute atomic E-state index is 0.356. The number of ether oxygens (including phenoxy) is 1. The van der Waals surface area contributed by atoms with E-state index in [1.54, 1.807) is 19.2 Å². The number of rotatable bonds is 3. The zero-order chi connectivity index (χ0) is 11.3. The molecule has 0 aromatic carbocycles. The molecule has 0 spiro atoms. The molecule has 0 aliphatic rings. The Bertz CT molecular complexity index is 322. The van der Waals surface area contributed by atoms with Crippen molar-refractivity contribution < 1.29 is 9.53 Å². The van der Waals surface area contributed by atoms with E-state index in [9.17, 15) is 4.79 Å². The topological polar surface area (TPSA) is 54.5 Å². The summed E-state index contributed by atoms with van der Waals surface area (Å²) in [5.41, 5.74) is 0.624. The summed E-state index contributed by atoms with van der Waals surface area (Å²) in [5, 5.41) is 2.57. The molecule has 1 aromatic heterocycles. The lowest BCUT2D eigenvalue weighted by molar-refractivity contribution is 0.168. The Morgan fingerprint density at radius 2 is 2.27 bits per heavy atom. The van der Waals surface area contributed by atoms with Crippen molar-refractivity contribution in [3.8, 4) is 0 Å². The van der Waals surface area contributed by atoms with Crippen molar-refractivity contribution in [2.75, 3.05) is 30.9 Å². The van der Waals surface area contributed by atoms with E-state index in [1.165, 1.54) is 0 Å². The Hall–Kier alpha value is -1.78. The molecule has 0 bridgehead atoms. The predicted octanol–water partition coefficient (Wildman–Crippen LogP) is 1.72. The van der Waals surface area contributed by atoms with Crippen LogP contribution in [-0.4, -0.2) is 31.8 Å². The molecule has 1 N–H and O–H groups in total. The molecule has 5 nitrogen and oxygen atoms in total. The Kier molecular flexibility index (Phi) is 3.91. The van der Waals surface area contributed by atoms with E-state index in [1.807, 2.05) is 25.1 Å². The Morgan fingerprint density at radius 3 is 2.73 bits per heavy atom. The average Bonchev–Trinajstić information content (AvgIpc) is 2.18. The second-order valence-electron chi connectivity index (χ2n) is 3.14. The van der Waals surface area contributed by atoms with E-state index in [2.05, 4.69) is 10.3 Å². The average molecular weight is 209 g/mol. The number of carbonyl (C=O) groups is 1. The maximum atomic E-state index is 11.1. The first-order valence-corrected chi connectivity index (χ1v) is 4.70. The quantitative estimate of drug-likeness (QED) is 0.823. The number of nitrogens with one attached hydrogen (secondary N) is 1. The summed E-state index contributed by atoms with van der Waals surface area (Å²) in [4.78, 5) is 17.1. The van der Waals surface area contributed by atoms with Crippen LogP contribution in [0.5, 0.6) is 0 Å². The van der Waals surface area contributed by atoms with E-state index in [0.717, 1.165) is 5.82 Å². The van der Waals surface area contributed by atoms with E-state index in [-0.39, 0.29) is 0 Å². The lowest BCUT2D eigenvalue weighted by atomic mass is 10.4. The third kappa shape index (κ3) is 3.46. The predicted molar refractivity (Wildman–Crippen MR) is 59.2 cm³/mol. The molecule has 15 heavy (non-hydrogen) atoms. The summed E-state index contributed by atoms with van der Waals surface area (Å²) in [6.45, 7) is 2.11. The van der Waals surface area contributed by atoms with Gasteiger partial charge in [-0.3, -0.25) is 5.32 Å². The number of hydrogen-bond donors (Lipinski definition) is 1. The van der Waals surface area contributed by atoms with E-state index >= 15 is 0 Å². The molecule has 1 aromatic rings. The molecule has 82 valence electrons. The van der Waals surface area contributed by atoms with E-state index in [0.29, 0.717) is 12.3 Å². The Balaban J connectivity index is 2.60. The summed E-state index contributed by atoms with van der Waals surface area (Å²) in [6.07, 6.45) is 1.13. The highest BCUT2D eigenvalue weighted by Crippen LogP contribution is 2.11. The number of amides is 1. The van der Waals surface area contributed by atoms with Crippen molar-refractivity contribution >= 4 is 17.6 Å². The number of carbonyl (C=O) groups excluding carboxylic acids is 1. The number of nitrogens with zero attached hydrogens (tertiary/aromatic N) is 2. The Morgan fingerprint density at radius 1 is 1.53 bits per heavy atom. The van der Waals surface area contributed by atoms with E-state index < -0.39 is 6.09 Å². The van der Waals surface area contributed by atoms with Gasteiger partial charge in [0, 0.05) is 14.1 Å². The SMILES string of the molecule is CCOC(=O)Nc1ccc(N(C)C)nc1. The third-order valence-electron chi connectivity index (χ3n) is 1.73.